The minimum atomic E-state index is -5.01. The van der Waals surface area contributed by atoms with E-state index < -0.39 is 18.0 Å². The monoisotopic (exact) mass is 567 g/mol. The number of halogens is 3. The second kappa shape index (κ2) is 16.0. The molecule has 0 radical (unpaired) electrons. The van der Waals surface area contributed by atoms with Gasteiger partial charge in [0.15, 0.2) is 0 Å². The molecule has 7 nitrogen and oxygen atoms in total. The van der Waals surface area contributed by atoms with Crippen LogP contribution >= 0.6 is 11.8 Å². The quantitative estimate of drug-likeness (QED) is 0.247. The van der Waals surface area contributed by atoms with Crippen molar-refractivity contribution in [2.24, 2.45) is 0 Å². The zero-order valence-corrected chi connectivity index (χ0v) is 23.3. The Morgan fingerprint density at radius 3 is 2.18 bits per heavy atom. The van der Waals surface area contributed by atoms with Crippen molar-refractivity contribution in [2.45, 2.75) is 51.6 Å². The third-order valence-corrected chi connectivity index (χ3v) is 6.58. The number of nitrogens with one attached hydrogen (secondary N) is 2. The molecule has 0 saturated carbocycles. The number of rotatable bonds is 15. The SMILES string of the molecule is CCCCCCCCN(C(=O)C(F)(F)F)c1ccc(C(=O)Nc2cc(C(=O)NCCSC)ccc2OC)cc1. The van der Waals surface area contributed by atoms with E-state index >= 15 is 0 Å². The highest BCUT2D eigenvalue weighted by Crippen LogP contribution is 2.28. The third-order valence-electron chi connectivity index (χ3n) is 5.97. The number of hydrogen-bond acceptors (Lipinski definition) is 5. The number of unbranched alkanes of at least 4 members (excludes halogenated alkanes) is 5. The highest BCUT2D eigenvalue weighted by molar-refractivity contribution is 7.98. The van der Waals surface area contributed by atoms with Crippen molar-refractivity contribution >= 4 is 40.9 Å². The average molecular weight is 568 g/mol. The van der Waals surface area contributed by atoms with E-state index in [1.165, 1.54) is 37.4 Å². The Morgan fingerprint density at radius 1 is 0.923 bits per heavy atom. The molecule has 0 spiro atoms. The van der Waals surface area contributed by atoms with Crippen molar-refractivity contribution in [3.8, 4) is 5.75 Å². The lowest BCUT2D eigenvalue weighted by Gasteiger charge is -2.24. The number of carbonyl (C=O) groups excluding carboxylic acids is 3. The first-order valence-electron chi connectivity index (χ1n) is 12.9. The second-order valence-electron chi connectivity index (χ2n) is 8.89. The standard InChI is InChI=1S/C28H36F3N3O4S/c1-4-5-6-7-8-9-17-34(27(37)28(29,30)31)22-13-10-20(11-14-22)26(36)33-23-19-21(12-15-24(23)38-2)25(35)32-16-18-39-3/h10-15,19H,4-9,16-18H2,1-3H3,(H,32,35)(H,33,36). The normalized spacial score (nSPS) is 11.1. The molecular formula is C28H36F3N3O4S. The molecule has 39 heavy (non-hydrogen) atoms. The zero-order chi connectivity index (χ0) is 28.8. The number of amides is 3. The smallest absolute Gasteiger partial charge is 0.471 e. The van der Waals surface area contributed by atoms with Crippen LogP contribution in [0, 0.1) is 0 Å². The minimum Gasteiger partial charge on any atom is -0.495 e. The maximum Gasteiger partial charge on any atom is 0.471 e. The van der Waals surface area contributed by atoms with Gasteiger partial charge in [0.1, 0.15) is 5.75 Å². The molecule has 11 heteroatoms. The summed E-state index contributed by atoms with van der Waals surface area (Å²) in [6.07, 6.45) is 2.10. The molecule has 0 heterocycles. The van der Waals surface area contributed by atoms with E-state index in [2.05, 4.69) is 17.6 Å². The highest BCUT2D eigenvalue weighted by Gasteiger charge is 2.42. The number of hydrogen-bond donors (Lipinski definition) is 2. The summed E-state index contributed by atoms with van der Waals surface area (Å²) in [6, 6.07) is 9.98. The topological polar surface area (TPSA) is 87.7 Å². The van der Waals surface area contributed by atoms with Gasteiger partial charge < -0.3 is 20.3 Å². The summed E-state index contributed by atoms with van der Waals surface area (Å²) < 4.78 is 45.1. The molecule has 0 aliphatic carbocycles. The van der Waals surface area contributed by atoms with Crippen LogP contribution in [0.5, 0.6) is 5.75 Å². The number of alkyl halides is 3. The zero-order valence-electron chi connectivity index (χ0n) is 22.5. The van der Waals surface area contributed by atoms with E-state index in [-0.39, 0.29) is 29.4 Å². The van der Waals surface area contributed by atoms with Crippen LogP contribution < -0.4 is 20.3 Å². The van der Waals surface area contributed by atoms with Crippen molar-refractivity contribution in [2.75, 3.05) is 42.4 Å². The maximum atomic E-state index is 13.3. The Kier molecular flexibility index (Phi) is 13.1. The maximum absolute atomic E-state index is 13.3. The highest BCUT2D eigenvalue weighted by atomic mass is 32.2. The Bertz CT molecular complexity index is 1090. The summed E-state index contributed by atoms with van der Waals surface area (Å²) in [5.74, 6) is -1.70. The van der Waals surface area contributed by atoms with Gasteiger partial charge in [0.2, 0.25) is 0 Å². The lowest BCUT2D eigenvalue weighted by atomic mass is 10.1. The van der Waals surface area contributed by atoms with E-state index in [1.54, 1.807) is 23.9 Å². The van der Waals surface area contributed by atoms with E-state index in [9.17, 15) is 27.6 Å². The molecule has 0 fully saturated rings. The number of carbonyl (C=O) groups is 3. The van der Waals surface area contributed by atoms with Gasteiger partial charge in [-0.2, -0.15) is 24.9 Å². The van der Waals surface area contributed by atoms with Gasteiger partial charge in [-0.05, 0) is 55.1 Å². The van der Waals surface area contributed by atoms with Crippen molar-refractivity contribution in [3.05, 3.63) is 53.6 Å². The van der Waals surface area contributed by atoms with E-state index in [4.69, 9.17) is 4.74 Å². The fourth-order valence-corrected chi connectivity index (χ4v) is 4.16. The Balaban J connectivity index is 2.15. The van der Waals surface area contributed by atoms with Crippen LogP contribution in [0.4, 0.5) is 24.5 Å². The molecule has 0 saturated heterocycles. The molecule has 0 aromatic heterocycles. The Hall–Kier alpha value is -3.21. The molecule has 0 bridgehead atoms. The van der Waals surface area contributed by atoms with Crippen LogP contribution in [-0.4, -0.2) is 56.1 Å². The Labute approximate surface area is 231 Å². The summed E-state index contributed by atoms with van der Waals surface area (Å²) in [5, 5.41) is 5.47. The molecule has 2 rings (SSSR count). The van der Waals surface area contributed by atoms with Crippen LogP contribution in [0.15, 0.2) is 42.5 Å². The van der Waals surface area contributed by atoms with Crippen LogP contribution in [0.2, 0.25) is 0 Å². The van der Waals surface area contributed by atoms with Crippen LogP contribution in [0.3, 0.4) is 0 Å². The van der Waals surface area contributed by atoms with Crippen LogP contribution in [-0.2, 0) is 4.79 Å². The van der Waals surface area contributed by atoms with E-state index in [0.717, 1.165) is 37.9 Å². The second-order valence-corrected chi connectivity index (χ2v) is 9.87. The molecule has 2 N–H and O–H groups in total. The Morgan fingerprint density at radius 2 is 1.56 bits per heavy atom. The van der Waals surface area contributed by atoms with Gasteiger partial charge in [-0.25, -0.2) is 0 Å². The number of benzene rings is 2. The van der Waals surface area contributed by atoms with Crippen molar-refractivity contribution < 1.29 is 32.3 Å². The third kappa shape index (κ3) is 10.1. The minimum absolute atomic E-state index is 0.0592. The number of ether oxygens (including phenoxy) is 1. The molecule has 2 aromatic rings. The summed E-state index contributed by atoms with van der Waals surface area (Å²) in [5.41, 5.74) is 0.818. The summed E-state index contributed by atoms with van der Waals surface area (Å²) >= 11 is 1.60. The predicted octanol–water partition coefficient (Wildman–Crippen LogP) is 6.30. The first-order valence-corrected chi connectivity index (χ1v) is 14.3. The van der Waals surface area contributed by atoms with Gasteiger partial charge in [0.25, 0.3) is 11.8 Å². The number of thioether (sulfide) groups is 1. The van der Waals surface area contributed by atoms with E-state index in [0.29, 0.717) is 29.2 Å². The molecule has 0 atom stereocenters. The summed E-state index contributed by atoms with van der Waals surface area (Å²) in [7, 11) is 1.42. The van der Waals surface area contributed by atoms with Gasteiger partial charge in [0, 0.05) is 35.7 Å². The average Bonchev–Trinajstić information content (AvgIpc) is 2.92. The molecule has 2 aromatic carbocycles. The number of anilines is 2. The van der Waals surface area contributed by atoms with E-state index in [1.807, 2.05) is 6.26 Å². The van der Waals surface area contributed by atoms with Gasteiger partial charge in [-0.1, -0.05) is 39.0 Å². The lowest BCUT2D eigenvalue weighted by Crippen LogP contribution is -2.41. The van der Waals surface area contributed by atoms with Crippen LogP contribution in [0.25, 0.3) is 0 Å². The van der Waals surface area contributed by atoms with Gasteiger partial charge >= 0.3 is 12.1 Å². The molecular weight excluding hydrogens is 531 g/mol. The molecule has 3 amide bonds. The lowest BCUT2D eigenvalue weighted by molar-refractivity contribution is -0.170. The summed E-state index contributed by atoms with van der Waals surface area (Å²) in [4.78, 5) is 38.1. The van der Waals surface area contributed by atoms with Crippen LogP contribution in [0.1, 0.15) is 66.2 Å². The first kappa shape index (κ1) is 32.0. The first-order chi connectivity index (χ1) is 18.6. The van der Waals surface area contributed by atoms with Crippen molar-refractivity contribution in [1.82, 2.24) is 5.32 Å². The number of nitrogens with zero attached hydrogens (tertiary/aromatic N) is 1. The number of methoxy groups -OCH3 is 1. The predicted molar refractivity (Wildman–Crippen MR) is 150 cm³/mol. The fraction of sp³-hybridized carbons (Fsp3) is 0.464. The molecule has 0 unspecified atom stereocenters. The van der Waals surface area contributed by atoms with Crippen molar-refractivity contribution in [1.29, 1.82) is 0 Å². The summed E-state index contributed by atoms with van der Waals surface area (Å²) in [6.45, 7) is 2.50. The molecule has 0 aliphatic rings. The van der Waals surface area contributed by atoms with Crippen molar-refractivity contribution in [3.63, 3.8) is 0 Å². The van der Waals surface area contributed by atoms with Gasteiger partial charge in [-0.15, -0.1) is 0 Å². The van der Waals surface area contributed by atoms with Gasteiger partial charge in [0.05, 0.1) is 12.8 Å². The molecule has 0 aliphatic heterocycles. The largest absolute Gasteiger partial charge is 0.495 e. The fourth-order valence-electron chi connectivity index (χ4n) is 3.85. The molecule has 214 valence electrons. The van der Waals surface area contributed by atoms with Gasteiger partial charge in [-0.3, -0.25) is 14.4 Å².